The van der Waals surface area contributed by atoms with Crippen molar-refractivity contribution in [1.29, 1.82) is 0 Å². The SMILES string of the molecule is C=C/C=C/[Si](C)(C)N(C)C. The zero-order valence-electron chi connectivity index (χ0n) is 7.39. The minimum Gasteiger partial charge on any atom is -0.326 e. The van der Waals surface area contributed by atoms with E-state index in [4.69, 9.17) is 0 Å². The highest BCUT2D eigenvalue weighted by Gasteiger charge is 2.18. The third-order valence-electron chi connectivity index (χ3n) is 1.79. The summed E-state index contributed by atoms with van der Waals surface area (Å²) in [5.74, 6) is 0. The van der Waals surface area contributed by atoms with Gasteiger partial charge in [0, 0.05) is 0 Å². The Labute approximate surface area is 65.1 Å². The minimum absolute atomic E-state index is 1.22. The molecule has 0 aliphatic rings. The average molecular weight is 155 g/mol. The molecule has 1 nitrogen and oxygen atoms in total. The predicted molar refractivity (Wildman–Crippen MR) is 50.5 cm³/mol. The largest absolute Gasteiger partial charge is 0.326 e. The van der Waals surface area contributed by atoms with Crippen LogP contribution in [0.3, 0.4) is 0 Å². The molecule has 0 radical (unpaired) electrons. The van der Waals surface area contributed by atoms with Crippen molar-refractivity contribution in [3.63, 3.8) is 0 Å². The number of rotatable bonds is 3. The number of hydrogen-bond acceptors (Lipinski definition) is 1. The Morgan fingerprint density at radius 2 is 1.80 bits per heavy atom. The van der Waals surface area contributed by atoms with Gasteiger partial charge in [0.1, 0.15) is 8.24 Å². The Bertz CT molecular complexity index is 136. The van der Waals surface area contributed by atoms with Gasteiger partial charge in [-0.3, -0.25) is 0 Å². The second kappa shape index (κ2) is 3.74. The molecule has 0 aromatic rings. The van der Waals surface area contributed by atoms with Gasteiger partial charge < -0.3 is 4.57 Å². The van der Waals surface area contributed by atoms with E-state index >= 15 is 0 Å². The molecule has 10 heavy (non-hydrogen) atoms. The fourth-order valence-electron chi connectivity index (χ4n) is 0.453. The molecule has 58 valence electrons. The van der Waals surface area contributed by atoms with Crippen LogP contribution in [0, 0.1) is 0 Å². The predicted octanol–water partition coefficient (Wildman–Crippen LogP) is 2.03. The molecule has 0 unspecified atom stereocenters. The van der Waals surface area contributed by atoms with Crippen LogP contribution in [0.4, 0.5) is 0 Å². The van der Waals surface area contributed by atoms with Crippen LogP contribution in [-0.2, 0) is 0 Å². The second-order valence-electron chi connectivity index (χ2n) is 3.14. The Kier molecular flexibility index (Phi) is 3.61. The van der Waals surface area contributed by atoms with Crippen LogP contribution in [0.15, 0.2) is 24.4 Å². The molecular weight excluding hydrogens is 138 g/mol. The smallest absolute Gasteiger partial charge is 0.146 e. The molecule has 0 aromatic carbocycles. The van der Waals surface area contributed by atoms with E-state index < -0.39 is 8.24 Å². The number of hydrogen-bond donors (Lipinski definition) is 0. The molecule has 0 saturated carbocycles. The summed E-state index contributed by atoms with van der Waals surface area (Å²) < 4.78 is 2.30. The molecular formula is C8H17NSi. The molecule has 0 N–H and O–H groups in total. The van der Waals surface area contributed by atoms with Crippen LogP contribution in [0.2, 0.25) is 13.1 Å². The first kappa shape index (κ1) is 9.66. The van der Waals surface area contributed by atoms with Crippen LogP contribution in [0.25, 0.3) is 0 Å². The third-order valence-corrected chi connectivity index (χ3v) is 5.11. The van der Waals surface area contributed by atoms with Crippen molar-refractivity contribution in [2.75, 3.05) is 14.1 Å². The van der Waals surface area contributed by atoms with Gasteiger partial charge in [-0.2, -0.15) is 0 Å². The zero-order valence-corrected chi connectivity index (χ0v) is 8.39. The highest BCUT2D eigenvalue weighted by atomic mass is 28.3. The van der Waals surface area contributed by atoms with Gasteiger partial charge >= 0.3 is 0 Å². The summed E-state index contributed by atoms with van der Waals surface area (Å²) in [6.45, 7) is 8.24. The Morgan fingerprint density at radius 1 is 1.30 bits per heavy atom. The summed E-state index contributed by atoms with van der Waals surface area (Å²) in [5.41, 5.74) is 2.26. The highest BCUT2D eigenvalue weighted by molar-refractivity contribution is 6.79. The number of allylic oxidation sites excluding steroid dienone is 2. The van der Waals surface area contributed by atoms with Crippen LogP contribution in [0.1, 0.15) is 0 Å². The van der Waals surface area contributed by atoms with E-state index in [1.165, 1.54) is 0 Å². The lowest BCUT2D eigenvalue weighted by atomic mass is 10.6. The van der Waals surface area contributed by atoms with E-state index in [1.54, 1.807) is 0 Å². The first-order chi connectivity index (χ1) is 4.50. The van der Waals surface area contributed by atoms with E-state index in [1.807, 2.05) is 12.2 Å². The van der Waals surface area contributed by atoms with E-state index in [9.17, 15) is 0 Å². The van der Waals surface area contributed by atoms with Gasteiger partial charge in [-0.25, -0.2) is 0 Å². The molecule has 0 rings (SSSR count). The summed E-state index contributed by atoms with van der Waals surface area (Å²) in [4.78, 5) is 0. The van der Waals surface area contributed by atoms with Crippen molar-refractivity contribution in [3.05, 3.63) is 24.4 Å². The summed E-state index contributed by atoms with van der Waals surface area (Å²) in [6.07, 6.45) is 3.87. The molecule has 0 heterocycles. The van der Waals surface area contributed by atoms with Gasteiger partial charge in [-0.15, -0.1) is 0 Å². The minimum atomic E-state index is -1.22. The Balaban J connectivity index is 4.11. The van der Waals surface area contributed by atoms with Crippen molar-refractivity contribution in [1.82, 2.24) is 4.57 Å². The molecule has 0 amide bonds. The van der Waals surface area contributed by atoms with Crippen molar-refractivity contribution < 1.29 is 0 Å². The molecule has 0 fully saturated rings. The number of nitrogens with zero attached hydrogens (tertiary/aromatic N) is 1. The summed E-state index contributed by atoms with van der Waals surface area (Å²) >= 11 is 0. The van der Waals surface area contributed by atoms with Gasteiger partial charge in [0.05, 0.1) is 0 Å². The van der Waals surface area contributed by atoms with E-state index in [-0.39, 0.29) is 0 Å². The summed E-state index contributed by atoms with van der Waals surface area (Å²) in [6, 6.07) is 0. The van der Waals surface area contributed by atoms with Crippen molar-refractivity contribution >= 4 is 8.24 Å². The monoisotopic (exact) mass is 155 g/mol. The molecule has 0 spiro atoms. The van der Waals surface area contributed by atoms with Crippen molar-refractivity contribution in [2.24, 2.45) is 0 Å². The Morgan fingerprint density at radius 3 is 2.10 bits per heavy atom. The lowest BCUT2D eigenvalue weighted by Crippen LogP contribution is -2.41. The van der Waals surface area contributed by atoms with Gasteiger partial charge in [0.15, 0.2) is 0 Å². The summed E-state index contributed by atoms with van der Waals surface area (Å²) in [7, 11) is 3.03. The van der Waals surface area contributed by atoms with E-state index in [0.29, 0.717) is 0 Å². The molecule has 2 heteroatoms. The summed E-state index contributed by atoms with van der Waals surface area (Å²) in [5, 5.41) is 0. The van der Waals surface area contributed by atoms with Gasteiger partial charge in [0.25, 0.3) is 0 Å². The third kappa shape index (κ3) is 2.99. The van der Waals surface area contributed by atoms with Crippen molar-refractivity contribution in [2.45, 2.75) is 13.1 Å². The zero-order chi connectivity index (χ0) is 8.20. The van der Waals surface area contributed by atoms with Gasteiger partial charge in [-0.1, -0.05) is 37.5 Å². The van der Waals surface area contributed by atoms with Crippen LogP contribution < -0.4 is 0 Å². The van der Waals surface area contributed by atoms with Crippen LogP contribution in [-0.4, -0.2) is 26.9 Å². The maximum absolute atomic E-state index is 3.64. The van der Waals surface area contributed by atoms with E-state index in [0.717, 1.165) is 0 Å². The lowest BCUT2D eigenvalue weighted by Gasteiger charge is -2.26. The van der Waals surface area contributed by atoms with Gasteiger partial charge in [-0.05, 0) is 14.1 Å². The lowest BCUT2D eigenvalue weighted by molar-refractivity contribution is 0.632. The molecule has 0 aliphatic carbocycles. The molecule has 0 atom stereocenters. The highest BCUT2D eigenvalue weighted by Crippen LogP contribution is 2.05. The maximum Gasteiger partial charge on any atom is 0.146 e. The van der Waals surface area contributed by atoms with E-state index in [2.05, 4.69) is 44.0 Å². The molecule has 0 aliphatic heterocycles. The fraction of sp³-hybridized carbons (Fsp3) is 0.500. The van der Waals surface area contributed by atoms with Crippen LogP contribution >= 0.6 is 0 Å². The topological polar surface area (TPSA) is 3.24 Å². The average Bonchev–Trinajstić information content (AvgIpc) is 1.84. The quantitative estimate of drug-likeness (QED) is 0.445. The van der Waals surface area contributed by atoms with Gasteiger partial charge in [0.2, 0.25) is 0 Å². The molecule has 0 saturated heterocycles. The van der Waals surface area contributed by atoms with Crippen LogP contribution in [0.5, 0.6) is 0 Å². The molecule has 0 aromatic heterocycles. The second-order valence-corrected chi connectivity index (χ2v) is 7.68. The fourth-order valence-corrected chi connectivity index (χ4v) is 1.36. The van der Waals surface area contributed by atoms with Crippen molar-refractivity contribution in [3.8, 4) is 0 Å². The normalized spacial score (nSPS) is 12.9. The molecule has 0 bridgehead atoms. The Hall–Kier alpha value is -0.343. The first-order valence-electron chi connectivity index (χ1n) is 3.48. The standard InChI is InChI=1S/C8H17NSi/c1-6-7-8-10(4,5)9(2)3/h6-8H,1H2,2-5H3/b8-7+. The maximum atomic E-state index is 3.64. The first-order valence-corrected chi connectivity index (χ1v) is 6.51.